The van der Waals surface area contributed by atoms with Crippen LogP contribution in [-0.2, 0) is 20.6 Å². The van der Waals surface area contributed by atoms with E-state index in [1.54, 1.807) is 14.0 Å². The van der Waals surface area contributed by atoms with Crippen molar-refractivity contribution in [3.05, 3.63) is 11.3 Å². The first-order valence-electron chi connectivity index (χ1n) is 6.60. The van der Waals surface area contributed by atoms with Crippen molar-refractivity contribution in [1.82, 2.24) is 14.5 Å². The number of H-pyrrole nitrogens is 1. The highest BCUT2D eigenvalue weighted by Gasteiger charge is 2.30. The summed E-state index contributed by atoms with van der Waals surface area (Å²) >= 11 is 5.82. The lowest BCUT2D eigenvalue weighted by molar-refractivity contribution is 0.0495. The number of ether oxygens (including phenoxy) is 1. The van der Waals surface area contributed by atoms with Crippen molar-refractivity contribution >= 4 is 21.6 Å². The van der Waals surface area contributed by atoms with Crippen LogP contribution in [0.5, 0.6) is 0 Å². The van der Waals surface area contributed by atoms with Gasteiger partial charge in [-0.1, -0.05) is 0 Å². The summed E-state index contributed by atoms with van der Waals surface area (Å²) in [5.41, 5.74) is 1.23. The third kappa shape index (κ3) is 3.16. The SMILES string of the molecule is Cc1[nH]nc(S(=O)(=O)N(C)CC2CCCOC2)c1CCl. The van der Waals surface area contributed by atoms with E-state index in [-0.39, 0.29) is 16.8 Å². The van der Waals surface area contributed by atoms with Gasteiger partial charge in [-0.2, -0.15) is 9.40 Å². The molecule has 1 saturated heterocycles. The van der Waals surface area contributed by atoms with Gasteiger partial charge in [0.05, 0.1) is 12.5 Å². The van der Waals surface area contributed by atoms with Gasteiger partial charge < -0.3 is 4.74 Å². The van der Waals surface area contributed by atoms with Crippen molar-refractivity contribution in [2.24, 2.45) is 5.92 Å². The average molecular weight is 322 g/mol. The molecule has 6 nitrogen and oxygen atoms in total. The zero-order valence-electron chi connectivity index (χ0n) is 11.7. The van der Waals surface area contributed by atoms with Crippen LogP contribution in [-0.4, -0.2) is 49.7 Å². The molecule has 0 amide bonds. The third-order valence-corrected chi connectivity index (χ3v) is 5.66. The van der Waals surface area contributed by atoms with Crippen LogP contribution in [0.3, 0.4) is 0 Å². The normalized spacial score (nSPS) is 20.5. The Bertz CT molecular complexity index is 552. The number of aromatic amines is 1. The molecule has 1 aliphatic heterocycles. The van der Waals surface area contributed by atoms with E-state index in [0.717, 1.165) is 19.4 Å². The fourth-order valence-corrected chi connectivity index (χ4v) is 4.17. The van der Waals surface area contributed by atoms with Crippen LogP contribution >= 0.6 is 11.6 Å². The van der Waals surface area contributed by atoms with E-state index in [4.69, 9.17) is 16.3 Å². The Morgan fingerprint density at radius 3 is 2.90 bits per heavy atom. The van der Waals surface area contributed by atoms with Crippen LogP contribution in [0.4, 0.5) is 0 Å². The van der Waals surface area contributed by atoms with Gasteiger partial charge in [0.15, 0.2) is 5.03 Å². The van der Waals surface area contributed by atoms with Gasteiger partial charge in [-0.05, 0) is 25.7 Å². The second-order valence-electron chi connectivity index (χ2n) is 5.13. The monoisotopic (exact) mass is 321 g/mol. The van der Waals surface area contributed by atoms with E-state index in [0.29, 0.717) is 24.4 Å². The van der Waals surface area contributed by atoms with Gasteiger partial charge in [0.2, 0.25) is 0 Å². The zero-order chi connectivity index (χ0) is 14.8. The first-order chi connectivity index (χ1) is 9.46. The van der Waals surface area contributed by atoms with Crippen molar-refractivity contribution in [2.45, 2.75) is 30.7 Å². The van der Waals surface area contributed by atoms with Crippen molar-refractivity contribution in [3.63, 3.8) is 0 Å². The summed E-state index contributed by atoms with van der Waals surface area (Å²) in [7, 11) is -2.03. The molecule has 2 heterocycles. The molecular formula is C12H20ClN3O3S. The molecule has 1 aliphatic rings. The van der Waals surface area contributed by atoms with Crippen molar-refractivity contribution in [3.8, 4) is 0 Å². The molecule has 1 aromatic rings. The Balaban J connectivity index is 2.16. The standard InChI is InChI=1S/C12H20ClN3O3S/c1-9-11(6-13)12(15-14-9)20(17,18)16(2)7-10-4-3-5-19-8-10/h10H,3-8H2,1-2H3,(H,14,15). The fraction of sp³-hybridized carbons (Fsp3) is 0.750. The maximum atomic E-state index is 12.5. The molecule has 0 aliphatic carbocycles. The smallest absolute Gasteiger partial charge is 0.262 e. The Morgan fingerprint density at radius 1 is 1.55 bits per heavy atom. The second-order valence-corrected chi connectivity index (χ2v) is 7.36. The highest BCUT2D eigenvalue weighted by Crippen LogP contribution is 2.23. The molecule has 1 fully saturated rings. The van der Waals surface area contributed by atoms with Gasteiger partial charge in [-0.3, -0.25) is 5.10 Å². The Labute approximate surface area is 124 Å². The van der Waals surface area contributed by atoms with Crippen LogP contribution in [0.2, 0.25) is 0 Å². The minimum atomic E-state index is -3.61. The molecule has 1 aromatic heterocycles. The lowest BCUT2D eigenvalue weighted by Crippen LogP contribution is -2.35. The lowest BCUT2D eigenvalue weighted by atomic mass is 10.0. The first-order valence-corrected chi connectivity index (χ1v) is 8.58. The summed E-state index contributed by atoms with van der Waals surface area (Å²) in [4.78, 5) is 0. The topological polar surface area (TPSA) is 75.3 Å². The minimum Gasteiger partial charge on any atom is -0.381 e. The molecule has 1 unspecified atom stereocenters. The van der Waals surface area contributed by atoms with Gasteiger partial charge in [0.1, 0.15) is 0 Å². The molecule has 0 aromatic carbocycles. The van der Waals surface area contributed by atoms with Crippen LogP contribution in [0.25, 0.3) is 0 Å². The van der Waals surface area contributed by atoms with E-state index in [2.05, 4.69) is 10.2 Å². The summed E-state index contributed by atoms with van der Waals surface area (Å²) in [6.45, 7) is 3.58. The number of aromatic nitrogens is 2. The Hall–Kier alpha value is -0.630. The van der Waals surface area contributed by atoms with E-state index in [9.17, 15) is 8.42 Å². The largest absolute Gasteiger partial charge is 0.381 e. The average Bonchev–Trinajstić information content (AvgIpc) is 2.81. The van der Waals surface area contributed by atoms with Crippen LogP contribution in [0.15, 0.2) is 5.03 Å². The van der Waals surface area contributed by atoms with Gasteiger partial charge in [-0.25, -0.2) is 8.42 Å². The highest BCUT2D eigenvalue weighted by atomic mass is 35.5. The summed E-state index contributed by atoms with van der Waals surface area (Å²) in [6, 6.07) is 0. The minimum absolute atomic E-state index is 0.0317. The number of nitrogens with one attached hydrogen (secondary N) is 1. The second kappa shape index (κ2) is 6.43. The molecule has 0 radical (unpaired) electrons. The summed E-state index contributed by atoms with van der Waals surface area (Å²) in [5.74, 6) is 0.361. The molecule has 20 heavy (non-hydrogen) atoms. The number of halogens is 1. The quantitative estimate of drug-likeness (QED) is 0.834. The van der Waals surface area contributed by atoms with Gasteiger partial charge in [0, 0.05) is 31.5 Å². The first kappa shape index (κ1) is 15.8. The predicted octanol–water partition coefficient (Wildman–Crippen LogP) is 1.50. The molecule has 0 spiro atoms. The molecule has 8 heteroatoms. The maximum absolute atomic E-state index is 12.5. The van der Waals surface area contributed by atoms with Crippen LogP contribution < -0.4 is 0 Å². The highest BCUT2D eigenvalue weighted by molar-refractivity contribution is 7.89. The molecule has 0 bridgehead atoms. The predicted molar refractivity (Wildman–Crippen MR) is 76.2 cm³/mol. The number of nitrogens with zero attached hydrogens (tertiary/aromatic N) is 2. The lowest BCUT2D eigenvalue weighted by Gasteiger charge is -2.26. The zero-order valence-corrected chi connectivity index (χ0v) is 13.3. The number of sulfonamides is 1. The number of hydrogen-bond acceptors (Lipinski definition) is 4. The van der Waals surface area contributed by atoms with Crippen LogP contribution in [0.1, 0.15) is 24.1 Å². The number of hydrogen-bond donors (Lipinski definition) is 1. The van der Waals surface area contributed by atoms with E-state index in [1.807, 2.05) is 0 Å². The molecular weight excluding hydrogens is 302 g/mol. The van der Waals surface area contributed by atoms with Crippen molar-refractivity contribution < 1.29 is 13.2 Å². The fourth-order valence-electron chi connectivity index (χ4n) is 2.36. The Morgan fingerprint density at radius 2 is 2.30 bits per heavy atom. The van der Waals surface area contributed by atoms with Gasteiger partial charge in [0.25, 0.3) is 10.0 Å². The molecule has 1 atom stereocenters. The number of aryl methyl sites for hydroxylation is 1. The van der Waals surface area contributed by atoms with Gasteiger partial charge >= 0.3 is 0 Å². The van der Waals surface area contributed by atoms with Crippen LogP contribution in [0, 0.1) is 12.8 Å². The molecule has 1 N–H and O–H groups in total. The Kier molecular flexibility index (Phi) is 5.06. The van der Waals surface area contributed by atoms with E-state index < -0.39 is 10.0 Å². The molecule has 2 rings (SSSR count). The van der Waals surface area contributed by atoms with Crippen molar-refractivity contribution in [1.29, 1.82) is 0 Å². The van der Waals surface area contributed by atoms with Gasteiger partial charge in [-0.15, -0.1) is 11.6 Å². The summed E-state index contributed by atoms with van der Waals surface area (Å²) in [5, 5.41) is 6.62. The number of alkyl halides is 1. The van der Waals surface area contributed by atoms with E-state index >= 15 is 0 Å². The number of rotatable bonds is 5. The summed E-state index contributed by atoms with van der Waals surface area (Å²) < 4.78 is 31.8. The third-order valence-electron chi connectivity index (χ3n) is 3.59. The molecule has 114 valence electrons. The van der Waals surface area contributed by atoms with E-state index in [1.165, 1.54) is 4.31 Å². The summed E-state index contributed by atoms with van der Waals surface area (Å²) in [6.07, 6.45) is 1.97. The maximum Gasteiger partial charge on any atom is 0.262 e. The molecule has 0 saturated carbocycles. The van der Waals surface area contributed by atoms with Crippen molar-refractivity contribution in [2.75, 3.05) is 26.8 Å².